The molecule has 2 rings (SSSR count). The van der Waals surface area contributed by atoms with E-state index < -0.39 is 35.1 Å². The molecule has 1 heterocycles. The smallest absolute Gasteiger partial charge is 0.321 e. The number of nitrogens with one attached hydrogen (secondary N) is 1. The van der Waals surface area contributed by atoms with Crippen LogP contribution in [0, 0.1) is 0 Å². The van der Waals surface area contributed by atoms with Gasteiger partial charge < -0.3 is 5.32 Å². The number of hydrogen-bond acceptors (Lipinski definition) is 3. The largest absolute Gasteiger partial charge is 0.416 e. The first-order valence-corrected chi connectivity index (χ1v) is 5.94. The fourth-order valence-corrected chi connectivity index (χ4v) is 1.67. The Labute approximate surface area is 124 Å². The molecule has 0 aliphatic rings. The number of benzene rings is 1. The fraction of sp³-hybridized carbons (Fsp3) is 0.250. The summed E-state index contributed by atoms with van der Waals surface area (Å²) < 4.78 is 77.3. The third-order valence-corrected chi connectivity index (χ3v) is 2.68. The second kappa shape index (κ2) is 5.56. The Morgan fingerprint density at radius 3 is 1.96 bits per heavy atom. The standard InChI is InChI=1S/C12H8F6N4O/c1-22-5-9(20-21-22)10(23)19-8-3-6(11(13,14)15)2-7(4-8)12(16,17)18/h2-5H,1H3,(H,19,23). The van der Waals surface area contributed by atoms with Gasteiger partial charge in [0.15, 0.2) is 5.69 Å². The van der Waals surface area contributed by atoms with Crippen molar-refractivity contribution >= 4 is 11.6 Å². The van der Waals surface area contributed by atoms with E-state index in [-0.39, 0.29) is 11.8 Å². The highest BCUT2D eigenvalue weighted by atomic mass is 19.4. The maximum Gasteiger partial charge on any atom is 0.416 e. The lowest BCUT2D eigenvalue weighted by molar-refractivity contribution is -0.143. The van der Waals surface area contributed by atoms with Crippen molar-refractivity contribution in [3.63, 3.8) is 0 Å². The van der Waals surface area contributed by atoms with Gasteiger partial charge in [-0.15, -0.1) is 5.10 Å². The minimum Gasteiger partial charge on any atom is -0.321 e. The summed E-state index contributed by atoms with van der Waals surface area (Å²) in [5.41, 5.74) is -3.95. The van der Waals surface area contributed by atoms with E-state index in [2.05, 4.69) is 10.3 Å². The monoisotopic (exact) mass is 338 g/mol. The van der Waals surface area contributed by atoms with Crippen molar-refractivity contribution in [2.45, 2.75) is 12.4 Å². The van der Waals surface area contributed by atoms with Crippen molar-refractivity contribution in [2.75, 3.05) is 5.32 Å². The van der Waals surface area contributed by atoms with E-state index in [0.717, 1.165) is 10.9 Å². The maximum absolute atomic E-state index is 12.7. The van der Waals surface area contributed by atoms with Gasteiger partial charge in [0.25, 0.3) is 5.91 Å². The molecule has 2 aromatic rings. The molecule has 0 aliphatic heterocycles. The van der Waals surface area contributed by atoms with Crippen molar-refractivity contribution in [2.24, 2.45) is 7.05 Å². The molecule has 23 heavy (non-hydrogen) atoms. The number of carbonyl (C=O) groups is 1. The predicted octanol–water partition coefficient (Wildman–Crippen LogP) is 3.11. The average Bonchev–Trinajstić information content (AvgIpc) is 2.83. The number of carbonyl (C=O) groups excluding carboxylic acids is 1. The van der Waals surface area contributed by atoms with Crippen molar-refractivity contribution in [1.29, 1.82) is 0 Å². The Kier molecular flexibility index (Phi) is 4.05. The van der Waals surface area contributed by atoms with Crippen molar-refractivity contribution in [3.8, 4) is 0 Å². The number of halogens is 6. The first-order chi connectivity index (χ1) is 10.5. The van der Waals surface area contributed by atoms with Crippen LogP contribution in [0.15, 0.2) is 24.4 Å². The van der Waals surface area contributed by atoms with Gasteiger partial charge in [0.1, 0.15) is 0 Å². The van der Waals surface area contributed by atoms with Crippen LogP contribution < -0.4 is 5.32 Å². The minimum atomic E-state index is -4.99. The molecule has 1 amide bonds. The molecule has 5 nitrogen and oxygen atoms in total. The first-order valence-electron chi connectivity index (χ1n) is 5.94. The van der Waals surface area contributed by atoms with Crippen LogP contribution in [0.25, 0.3) is 0 Å². The number of aryl methyl sites for hydroxylation is 1. The summed E-state index contributed by atoms with van der Waals surface area (Å²) in [5.74, 6) is -0.981. The highest BCUT2D eigenvalue weighted by Gasteiger charge is 2.37. The number of rotatable bonds is 2. The van der Waals surface area contributed by atoms with Crippen LogP contribution in [0.2, 0.25) is 0 Å². The quantitative estimate of drug-likeness (QED) is 0.856. The zero-order valence-corrected chi connectivity index (χ0v) is 11.3. The van der Waals surface area contributed by atoms with E-state index in [4.69, 9.17) is 0 Å². The number of aromatic nitrogens is 3. The molecule has 0 spiro atoms. The van der Waals surface area contributed by atoms with E-state index in [1.807, 2.05) is 5.32 Å². The van der Waals surface area contributed by atoms with Crippen LogP contribution in [0.4, 0.5) is 32.0 Å². The van der Waals surface area contributed by atoms with Gasteiger partial charge in [0, 0.05) is 12.7 Å². The fourth-order valence-electron chi connectivity index (χ4n) is 1.67. The molecular formula is C12H8F6N4O. The highest BCUT2D eigenvalue weighted by molar-refractivity contribution is 6.02. The van der Waals surface area contributed by atoms with Crippen LogP contribution in [-0.2, 0) is 19.4 Å². The van der Waals surface area contributed by atoms with E-state index in [9.17, 15) is 31.1 Å². The summed E-state index contributed by atoms with van der Waals surface area (Å²) in [6.45, 7) is 0. The van der Waals surface area contributed by atoms with Crippen LogP contribution in [-0.4, -0.2) is 20.9 Å². The normalized spacial score (nSPS) is 12.3. The second-order valence-electron chi connectivity index (χ2n) is 4.53. The van der Waals surface area contributed by atoms with Gasteiger partial charge in [-0.25, -0.2) is 0 Å². The van der Waals surface area contributed by atoms with E-state index >= 15 is 0 Å². The minimum absolute atomic E-state index is 0.0298. The Bertz CT molecular complexity index is 702. The van der Waals surface area contributed by atoms with Crippen LogP contribution in [0.3, 0.4) is 0 Å². The van der Waals surface area contributed by atoms with E-state index in [1.54, 1.807) is 0 Å². The molecule has 0 unspecified atom stereocenters. The van der Waals surface area contributed by atoms with Crippen LogP contribution >= 0.6 is 0 Å². The topological polar surface area (TPSA) is 59.8 Å². The van der Waals surface area contributed by atoms with E-state index in [1.165, 1.54) is 7.05 Å². The van der Waals surface area contributed by atoms with Crippen LogP contribution in [0.5, 0.6) is 0 Å². The molecule has 0 radical (unpaired) electrons. The number of amides is 1. The first kappa shape index (κ1) is 16.8. The molecule has 1 N–H and O–H groups in total. The Morgan fingerprint density at radius 1 is 1.04 bits per heavy atom. The Hall–Kier alpha value is -2.59. The van der Waals surface area contributed by atoms with Gasteiger partial charge in [-0.1, -0.05) is 5.21 Å². The lowest BCUT2D eigenvalue weighted by Gasteiger charge is -2.14. The molecule has 0 fully saturated rings. The van der Waals surface area contributed by atoms with Gasteiger partial charge in [-0.05, 0) is 18.2 Å². The Balaban J connectivity index is 2.39. The molecule has 0 aliphatic carbocycles. The lowest BCUT2D eigenvalue weighted by atomic mass is 10.1. The van der Waals surface area contributed by atoms with Crippen molar-refractivity contribution in [1.82, 2.24) is 15.0 Å². The number of anilines is 1. The Morgan fingerprint density at radius 2 is 1.57 bits per heavy atom. The summed E-state index contributed by atoms with van der Waals surface area (Å²) in [6, 6.07) is 0.783. The van der Waals surface area contributed by atoms with Crippen molar-refractivity contribution in [3.05, 3.63) is 41.2 Å². The summed E-state index contributed by atoms with van der Waals surface area (Å²) in [4.78, 5) is 11.8. The molecule has 0 atom stereocenters. The second-order valence-corrected chi connectivity index (χ2v) is 4.53. The number of hydrogen-bond donors (Lipinski definition) is 1. The molecule has 124 valence electrons. The molecule has 0 saturated heterocycles. The SMILES string of the molecule is Cn1cc(C(=O)Nc2cc(C(F)(F)F)cc(C(F)(F)F)c2)nn1. The lowest BCUT2D eigenvalue weighted by Crippen LogP contribution is -2.16. The van der Waals surface area contributed by atoms with Gasteiger partial charge in [-0.3, -0.25) is 9.48 Å². The zero-order chi connectivity index (χ0) is 17.4. The number of alkyl halides is 6. The molecular weight excluding hydrogens is 330 g/mol. The zero-order valence-electron chi connectivity index (χ0n) is 11.3. The van der Waals surface area contributed by atoms with Crippen LogP contribution in [0.1, 0.15) is 21.6 Å². The average molecular weight is 338 g/mol. The van der Waals surface area contributed by atoms with Gasteiger partial charge >= 0.3 is 12.4 Å². The van der Waals surface area contributed by atoms with Gasteiger partial charge in [0.05, 0.1) is 17.3 Å². The summed E-state index contributed by atoms with van der Waals surface area (Å²) in [6.07, 6.45) is -8.83. The number of nitrogens with zero attached hydrogens (tertiary/aromatic N) is 3. The highest BCUT2D eigenvalue weighted by Crippen LogP contribution is 2.37. The molecule has 0 saturated carbocycles. The molecule has 1 aromatic carbocycles. The van der Waals surface area contributed by atoms with Gasteiger partial charge in [-0.2, -0.15) is 26.3 Å². The van der Waals surface area contributed by atoms with Gasteiger partial charge in [0.2, 0.25) is 0 Å². The summed E-state index contributed by atoms with van der Waals surface area (Å²) in [7, 11) is 1.44. The predicted molar refractivity (Wildman–Crippen MR) is 65.4 cm³/mol. The third-order valence-electron chi connectivity index (χ3n) is 2.68. The third kappa shape index (κ3) is 3.99. The molecule has 0 bridgehead atoms. The molecule has 11 heteroatoms. The summed E-state index contributed by atoms with van der Waals surface area (Å²) in [5, 5.41) is 8.79. The maximum atomic E-state index is 12.7. The van der Waals surface area contributed by atoms with Crippen molar-refractivity contribution < 1.29 is 31.1 Å². The van der Waals surface area contributed by atoms with E-state index in [0.29, 0.717) is 12.1 Å². The molecule has 1 aromatic heterocycles. The summed E-state index contributed by atoms with van der Waals surface area (Å²) >= 11 is 0.